The molecule has 8 heteroatoms. The molecule has 1 saturated heterocycles. The fraction of sp³-hybridized carbons (Fsp3) is 0.227. The monoisotopic (exact) mass is 425 g/mol. The van der Waals surface area contributed by atoms with Crippen LogP contribution in [0.5, 0.6) is 0 Å². The van der Waals surface area contributed by atoms with E-state index in [1.807, 2.05) is 25.1 Å². The van der Waals surface area contributed by atoms with E-state index in [4.69, 9.17) is 11.6 Å². The summed E-state index contributed by atoms with van der Waals surface area (Å²) < 4.78 is 13.1. The molecule has 0 saturated carbocycles. The molecule has 0 spiro atoms. The largest absolute Gasteiger partial charge is 0.352 e. The van der Waals surface area contributed by atoms with Gasteiger partial charge in [-0.2, -0.15) is 0 Å². The molecule has 154 valence electrons. The maximum Gasteiger partial charge on any atom is 0.321 e. The van der Waals surface area contributed by atoms with Gasteiger partial charge in [0.05, 0.1) is 5.69 Å². The van der Waals surface area contributed by atoms with E-state index in [9.17, 15) is 9.18 Å². The molecule has 0 radical (unpaired) electrons. The van der Waals surface area contributed by atoms with Crippen molar-refractivity contribution in [2.24, 2.45) is 0 Å². The molecule has 2 aromatic carbocycles. The number of halogens is 2. The third kappa shape index (κ3) is 4.52. The van der Waals surface area contributed by atoms with Gasteiger partial charge in [0, 0.05) is 42.5 Å². The average molecular weight is 426 g/mol. The number of piperazine rings is 1. The number of anilines is 2. The molecule has 1 aromatic heterocycles. The van der Waals surface area contributed by atoms with E-state index < -0.39 is 0 Å². The molecule has 1 aliphatic heterocycles. The molecule has 3 aromatic rings. The molecule has 0 atom stereocenters. The zero-order valence-electron chi connectivity index (χ0n) is 16.5. The highest BCUT2D eigenvalue weighted by molar-refractivity contribution is 6.31. The Kier molecular flexibility index (Phi) is 5.81. The molecule has 6 nitrogen and oxygen atoms in total. The van der Waals surface area contributed by atoms with Crippen molar-refractivity contribution >= 4 is 29.1 Å². The minimum Gasteiger partial charge on any atom is -0.352 e. The van der Waals surface area contributed by atoms with Crippen LogP contribution < -0.4 is 10.2 Å². The first-order chi connectivity index (χ1) is 14.5. The number of nitrogens with one attached hydrogen (secondary N) is 1. The number of carbonyl (C=O) groups excluding carboxylic acids is 1. The predicted molar refractivity (Wildman–Crippen MR) is 116 cm³/mol. The lowest BCUT2D eigenvalue weighted by Crippen LogP contribution is -2.50. The maximum atomic E-state index is 13.1. The summed E-state index contributed by atoms with van der Waals surface area (Å²) in [5.41, 5.74) is 3.18. The zero-order chi connectivity index (χ0) is 21.1. The third-order valence-electron chi connectivity index (χ3n) is 5.12. The van der Waals surface area contributed by atoms with Gasteiger partial charge in [0.15, 0.2) is 5.82 Å². The van der Waals surface area contributed by atoms with Crippen molar-refractivity contribution in [3.63, 3.8) is 0 Å². The molecule has 1 aliphatic rings. The van der Waals surface area contributed by atoms with Crippen LogP contribution in [-0.4, -0.2) is 47.3 Å². The van der Waals surface area contributed by atoms with E-state index in [1.165, 1.54) is 12.1 Å². The Balaban J connectivity index is 1.35. The first kappa shape index (κ1) is 20.1. The highest BCUT2D eigenvalue weighted by Crippen LogP contribution is 2.22. The van der Waals surface area contributed by atoms with E-state index in [0.29, 0.717) is 36.9 Å². The topological polar surface area (TPSA) is 61.4 Å². The number of carbonyl (C=O) groups is 1. The number of hydrogen-bond acceptors (Lipinski definition) is 4. The molecule has 30 heavy (non-hydrogen) atoms. The maximum absolute atomic E-state index is 13.1. The summed E-state index contributed by atoms with van der Waals surface area (Å²) in [4.78, 5) is 16.5. The SMILES string of the molecule is Cc1ccc(Cl)cc1NC(=O)N1CCN(c2ccc(-c3ccc(F)cc3)nn2)CC1. The van der Waals surface area contributed by atoms with Crippen LogP contribution >= 0.6 is 11.6 Å². The first-order valence-corrected chi connectivity index (χ1v) is 10.0. The number of rotatable bonds is 3. The summed E-state index contributed by atoms with van der Waals surface area (Å²) in [7, 11) is 0. The van der Waals surface area contributed by atoms with Crippen LogP contribution in [-0.2, 0) is 0 Å². The van der Waals surface area contributed by atoms with Gasteiger partial charge in [-0.05, 0) is 61.0 Å². The normalized spacial score (nSPS) is 14.0. The number of urea groups is 1. The second-order valence-electron chi connectivity index (χ2n) is 7.15. The van der Waals surface area contributed by atoms with Gasteiger partial charge in [-0.25, -0.2) is 9.18 Å². The smallest absolute Gasteiger partial charge is 0.321 e. The zero-order valence-corrected chi connectivity index (χ0v) is 17.2. The molecular formula is C22H21ClFN5O. The molecule has 0 unspecified atom stereocenters. The molecule has 0 bridgehead atoms. The van der Waals surface area contributed by atoms with Crippen molar-refractivity contribution in [3.8, 4) is 11.3 Å². The van der Waals surface area contributed by atoms with E-state index in [2.05, 4.69) is 20.4 Å². The van der Waals surface area contributed by atoms with Crippen molar-refractivity contribution < 1.29 is 9.18 Å². The van der Waals surface area contributed by atoms with Crippen molar-refractivity contribution in [1.82, 2.24) is 15.1 Å². The van der Waals surface area contributed by atoms with Gasteiger partial charge >= 0.3 is 6.03 Å². The summed E-state index contributed by atoms with van der Waals surface area (Å²) in [5, 5.41) is 12.1. The van der Waals surface area contributed by atoms with Gasteiger partial charge in [0.2, 0.25) is 0 Å². The van der Waals surface area contributed by atoms with Crippen molar-refractivity contribution in [3.05, 3.63) is 71.0 Å². The van der Waals surface area contributed by atoms with E-state index in [1.54, 1.807) is 29.2 Å². The van der Waals surface area contributed by atoms with Crippen molar-refractivity contribution in [2.75, 3.05) is 36.4 Å². The van der Waals surface area contributed by atoms with Gasteiger partial charge in [-0.15, -0.1) is 10.2 Å². The van der Waals surface area contributed by atoms with Gasteiger partial charge in [0.25, 0.3) is 0 Å². The van der Waals surface area contributed by atoms with Crippen LogP contribution in [0.4, 0.5) is 20.7 Å². The highest BCUT2D eigenvalue weighted by Gasteiger charge is 2.22. The van der Waals surface area contributed by atoms with Gasteiger partial charge in [-0.3, -0.25) is 0 Å². The van der Waals surface area contributed by atoms with E-state index >= 15 is 0 Å². The van der Waals surface area contributed by atoms with Crippen LogP contribution in [0.15, 0.2) is 54.6 Å². The Morgan fingerprint density at radius 1 is 1.00 bits per heavy atom. The molecule has 2 amide bonds. The molecular weight excluding hydrogens is 405 g/mol. The molecule has 1 fully saturated rings. The summed E-state index contributed by atoms with van der Waals surface area (Å²) in [5.74, 6) is 0.474. The van der Waals surface area contributed by atoms with Crippen LogP contribution in [0.3, 0.4) is 0 Å². The van der Waals surface area contributed by atoms with Crippen molar-refractivity contribution in [2.45, 2.75) is 6.92 Å². The fourth-order valence-corrected chi connectivity index (χ4v) is 3.50. The summed E-state index contributed by atoms with van der Waals surface area (Å²) >= 11 is 6.03. The molecule has 0 aliphatic carbocycles. The summed E-state index contributed by atoms with van der Waals surface area (Å²) in [6, 6.07) is 15.2. The lowest BCUT2D eigenvalue weighted by Gasteiger charge is -2.35. The van der Waals surface area contributed by atoms with Gasteiger partial charge in [0.1, 0.15) is 5.82 Å². The van der Waals surface area contributed by atoms with Crippen LogP contribution in [0, 0.1) is 12.7 Å². The Bertz CT molecular complexity index is 1030. The van der Waals surface area contributed by atoms with Crippen LogP contribution in [0.1, 0.15) is 5.56 Å². The Morgan fingerprint density at radius 2 is 1.73 bits per heavy atom. The third-order valence-corrected chi connectivity index (χ3v) is 5.36. The minimum atomic E-state index is -0.282. The second kappa shape index (κ2) is 8.67. The number of hydrogen-bond donors (Lipinski definition) is 1. The predicted octanol–water partition coefficient (Wildman–Crippen LogP) is 4.60. The van der Waals surface area contributed by atoms with Gasteiger partial charge < -0.3 is 15.1 Å². The summed E-state index contributed by atoms with van der Waals surface area (Å²) in [6.45, 7) is 4.40. The number of benzene rings is 2. The number of nitrogens with zero attached hydrogens (tertiary/aromatic N) is 4. The van der Waals surface area contributed by atoms with E-state index in [-0.39, 0.29) is 11.8 Å². The Morgan fingerprint density at radius 3 is 2.40 bits per heavy atom. The Labute approximate surface area is 179 Å². The minimum absolute atomic E-state index is 0.141. The number of amides is 2. The van der Waals surface area contributed by atoms with Crippen LogP contribution in [0.2, 0.25) is 5.02 Å². The lowest BCUT2D eigenvalue weighted by atomic mass is 10.1. The molecule has 2 heterocycles. The average Bonchev–Trinajstić information content (AvgIpc) is 2.77. The second-order valence-corrected chi connectivity index (χ2v) is 7.58. The lowest BCUT2D eigenvalue weighted by molar-refractivity contribution is 0.208. The number of aryl methyl sites for hydroxylation is 1. The number of aromatic nitrogens is 2. The van der Waals surface area contributed by atoms with Crippen molar-refractivity contribution in [1.29, 1.82) is 0 Å². The highest BCUT2D eigenvalue weighted by atomic mass is 35.5. The van der Waals surface area contributed by atoms with Crippen LogP contribution in [0.25, 0.3) is 11.3 Å². The first-order valence-electron chi connectivity index (χ1n) is 9.66. The standard InChI is InChI=1S/C22H21ClFN5O/c1-15-2-5-17(23)14-20(15)25-22(30)29-12-10-28(11-13-29)21-9-8-19(26-27-21)16-3-6-18(24)7-4-16/h2-9,14H,10-13H2,1H3,(H,25,30). The van der Waals surface area contributed by atoms with E-state index in [0.717, 1.165) is 22.6 Å². The summed E-state index contributed by atoms with van der Waals surface area (Å²) in [6.07, 6.45) is 0. The molecule has 1 N–H and O–H groups in total. The quantitative estimate of drug-likeness (QED) is 0.666. The van der Waals surface area contributed by atoms with Gasteiger partial charge in [-0.1, -0.05) is 17.7 Å². The Hall–Kier alpha value is -3.19. The fourth-order valence-electron chi connectivity index (χ4n) is 3.33. The molecule has 4 rings (SSSR count).